The fraction of sp³-hybridized carbons (Fsp3) is 0.233. The average molecular weight is 751 g/mol. The minimum atomic E-state index is -0.791. The number of amides is 4. The molecule has 1 N–H and O–H groups in total. The first-order chi connectivity index (χ1) is 19.7. The second-order valence-electron chi connectivity index (χ2n) is 9.00. The van der Waals surface area contributed by atoms with Crippen LogP contribution in [0.25, 0.3) is 6.08 Å². The highest BCUT2D eigenvalue weighted by molar-refractivity contribution is 9.11. The number of rotatable bonds is 11. The molecule has 1 aliphatic rings. The minimum Gasteiger partial charge on any atom is -0.490 e. The minimum absolute atomic E-state index is 0.0559. The predicted octanol–water partition coefficient (Wildman–Crippen LogP) is 7.40. The molecular weight excluding hydrogens is 724 g/mol. The molecule has 1 heterocycles. The number of ether oxygens (including phenoxy) is 3. The summed E-state index contributed by atoms with van der Waals surface area (Å²) in [5.41, 5.74) is 2.03. The third kappa shape index (κ3) is 7.78. The number of nitrogens with one attached hydrogen (secondary N) is 1. The number of hydrogen-bond acceptors (Lipinski definition) is 6. The van der Waals surface area contributed by atoms with Gasteiger partial charge in [-0.2, -0.15) is 0 Å². The number of carbonyl (C=O) groups excluding carboxylic acids is 3. The Morgan fingerprint density at radius 2 is 1.51 bits per heavy atom. The zero-order valence-corrected chi connectivity index (χ0v) is 27.1. The normalized spacial score (nSPS) is 14.3. The molecule has 0 aromatic heterocycles. The lowest BCUT2D eigenvalue weighted by Crippen LogP contribution is -2.53. The van der Waals surface area contributed by atoms with Crippen LogP contribution in [-0.2, 0) is 22.7 Å². The van der Waals surface area contributed by atoms with E-state index >= 15 is 0 Å². The van der Waals surface area contributed by atoms with Crippen molar-refractivity contribution >= 4 is 71.7 Å². The first-order valence-electron chi connectivity index (χ1n) is 12.8. The lowest BCUT2D eigenvalue weighted by molar-refractivity contribution is -0.130. The Hall–Kier alpha value is -3.15. The van der Waals surface area contributed by atoms with Gasteiger partial charge in [0.05, 0.1) is 28.7 Å². The quantitative estimate of drug-likeness (QED) is 0.162. The van der Waals surface area contributed by atoms with Crippen LogP contribution >= 0.6 is 47.8 Å². The Balaban J connectivity index is 1.54. The van der Waals surface area contributed by atoms with Gasteiger partial charge in [-0.15, -0.1) is 0 Å². The Morgan fingerprint density at radius 1 is 0.829 bits per heavy atom. The maximum Gasteiger partial charge on any atom is 0.331 e. The average Bonchev–Trinajstić information content (AvgIpc) is 2.93. The van der Waals surface area contributed by atoms with Crippen molar-refractivity contribution in [3.05, 3.63) is 90.3 Å². The van der Waals surface area contributed by atoms with E-state index in [-0.39, 0.29) is 12.1 Å². The molecular formula is C30H27Br3N2O6. The van der Waals surface area contributed by atoms with Crippen LogP contribution in [0.5, 0.6) is 17.2 Å². The molecule has 0 radical (unpaired) electrons. The Bertz CT molecular complexity index is 1470. The molecule has 41 heavy (non-hydrogen) atoms. The van der Waals surface area contributed by atoms with Crippen LogP contribution in [0.2, 0.25) is 0 Å². The molecule has 0 spiro atoms. The van der Waals surface area contributed by atoms with Crippen LogP contribution in [0, 0.1) is 0 Å². The summed E-state index contributed by atoms with van der Waals surface area (Å²) in [6.07, 6.45) is 2.28. The van der Waals surface area contributed by atoms with Gasteiger partial charge in [-0.25, -0.2) is 4.79 Å². The third-order valence-corrected chi connectivity index (χ3v) is 7.63. The van der Waals surface area contributed by atoms with Crippen molar-refractivity contribution in [1.29, 1.82) is 0 Å². The number of nitrogens with zero attached hydrogens (tertiary/aromatic N) is 1. The van der Waals surface area contributed by atoms with Gasteiger partial charge < -0.3 is 14.2 Å². The molecule has 214 valence electrons. The molecule has 4 amide bonds. The number of imide groups is 2. The summed E-state index contributed by atoms with van der Waals surface area (Å²) in [6.45, 7) is 5.12. The highest BCUT2D eigenvalue weighted by Gasteiger charge is 2.36. The van der Waals surface area contributed by atoms with Gasteiger partial charge in [0, 0.05) is 4.47 Å². The van der Waals surface area contributed by atoms with E-state index in [2.05, 4.69) is 53.1 Å². The van der Waals surface area contributed by atoms with E-state index in [0.29, 0.717) is 57.1 Å². The van der Waals surface area contributed by atoms with Crippen molar-refractivity contribution < 1.29 is 28.6 Å². The van der Waals surface area contributed by atoms with Crippen molar-refractivity contribution in [2.75, 3.05) is 13.2 Å². The topological polar surface area (TPSA) is 94.2 Å². The van der Waals surface area contributed by atoms with E-state index in [1.807, 2.05) is 38.1 Å². The van der Waals surface area contributed by atoms with Gasteiger partial charge in [-0.1, -0.05) is 41.1 Å². The smallest absolute Gasteiger partial charge is 0.331 e. The number of hydrogen-bond donors (Lipinski definition) is 1. The molecule has 1 aliphatic heterocycles. The number of urea groups is 1. The van der Waals surface area contributed by atoms with Crippen LogP contribution in [0.15, 0.2) is 73.6 Å². The van der Waals surface area contributed by atoms with E-state index < -0.39 is 17.8 Å². The highest BCUT2D eigenvalue weighted by atomic mass is 79.9. The van der Waals surface area contributed by atoms with Crippen LogP contribution < -0.4 is 19.5 Å². The standard InChI is InChI=1S/C30H27Br3N2O6/c1-3-11-40-25-10-7-19(15-26(25)39-4-2)16-35-29(37)22(28(36)34-30(35)38)12-20-13-23(32)27(24(33)14-20)41-17-18-5-8-21(31)9-6-18/h5-10,12-15H,3-4,11,16-17H2,1-2H3,(H,34,36,38)/b22-12+. The molecule has 3 aromatic rings. The lowest BCUT2D eigenvalue weighted by Gasteiger charge is -2.26. The number of carbonyl (C=O) groups is 3. The fourth-order valence-electron chi connectivity index (χ4n) is 3.97. The van der Waals surface area contributed by atoms with Gasteiger partial charge in [0.1, 0.15) is 17.9 Å². The van der Waals surface area contributed by atoms with Crippen LogP contribution in [0.4, 0.5) is 4.79 Å². The van der Waals surface area contributed by atoms with Crippen molar-refractivity contribution in [3.8, 4) is 17.2 Å². The molecule has 0 unspecified atom stereocenters. The fourth-order valence-corrected chi connectivity index (χ4v) is 5.69. The van der Waals surface area contributed by atoms with Crippen LogP contribution in [-0.4, -0.2) is 36.0 Å². The maximum absolute atomic E-state index is 13.4. The first-order valence-corrected chi connectivity index (χ1v) is 15.2. The molecule has 1 saturated heterocycles. The van der Waals surface area contributed by atoms with Crippen molar-refractivity contribution in [2.45, 2.75) is 33.4 Å². The van der Waals surface area contributed by atoms with Gasteiger partial charge in [0.15, 0.2) is 11.5 Å². The monoisotopic (exact) mass is 748 g/mol. The van der Waals surface area contributed by atoms with Gasteiger partial charge >= 0.3 is 6.03 Å². The molecule has 0 aliphatic carbocycles. The summed E-state index contributed by atoms with van der Waals surface area (Å²) in [4.78, 5) is 39.7. The SMILES string of the molecule is CCCOc1ccc(CN2C(=O)NC(=O)/C(=C\c3cc(Br)c(OCc4ccc(Br)cc4)c(Br)c3)C2=O)cc1OCC. The second-order valence-corrected chi connectivity index (χ2v) is 11.6. The Kier molecular flexibility index (Phi) is 10.6. The zero-order valence-electron chi connectivity index (χ0n) is 22.3. The van der Waals surface area contributed by atoms with Crippen molar-refractivity contribution in [3.63, 3.8) is 0 Å². The molecule has 3 aromatic carbocycles. The van der Waals surface area contributed by atoms with Crippen LogP contribution in [0.1, 0.15) is 37.0 Å². The summed E-state index contributed by atoms with van der Waals surface area (Å²) >= 11 is 10.5. The number of barbiturate groups is 1. The summed E-state index contributed by atoms with van der Waals surface area (Å²) in [5.74, 6) is 0.210. The van der Waals surface area contributed by atoms with E-state index in [9.17, 15) is 14.4 Å². The number of benzene rings is 3. The van der Waals surface area contributed by atoms with E-state index in [1.165, 1.54) is 6.08 Å². The summed E-state index contributed by atoms with van der Waals surface area (Å²) in [5, 5.41) is 2.26. The number of halogens is 3. The van der Waals surface area contributed by atoms with E-state index in [4.69, 9.17) is 14.2 Å². The Morgan fingerprint density at radius 3 is 2.17 bits per heavy atom. The van der Waals surface area contributed by atoms with Crippen molar-refractivity contribution in [1.82, 2.24) is 10.2 Å². The van der Waals surface area contributed by atoms with Gasteiger partial charge in [-0.3, -0.25) is 19.8 Å². The Labute approximate surface area is 263 Å². The lowest BCUT2D eigenvalue weighted by atomic mass is 10.1. The molecule has 4 rings (SSSR count). The van der Waals surface area contributed by atoms with E-state index in [0.717, 1.165) is 21.4 Å². The molecule has 11 heteroatoms. The molecule has 0 bridgehead atoms. The zero-order chi connectivity index (χ0) is 29.5. The molecule has 1 fully saturated rings. The van der Waals surface area contributed by atoms with Gasteiger partial charge in [-0.05, 0) is 104 Å². The summed E-state index contributed by atoms with van der Waals surface area (Å²) < 4.78 is 19.7. The van der Waals surface area contributed by atoms with E-state index in [1.54, 1.807) is 30.3 Å². The predicted molar refractivity (Wildman–Crippen MR) is 166 cm³/mol. The highest BCUT2D eigenvalue weighted by Crippen LogP contribution is 2.36. The molecule has 8 nitrogen and oxygen atoms in total. The first kappa shape index (κ1) is 30.8. The molecule has 0 saturated carbocycles. The largest absolute Gasteiger partial charge is 0.490 e. The van der Waals surface area contributed by atoms with Gasteiger partial charge in [0.25, 0.3) is 11.8 Å². The van der Waals surface area contributed by atoms with Gasteiger partial charge in [0.2, 0.25) is 0 Å². The summed E-state index contributed by atoms with van der Waals surface area (Å²) in [7, 11) is 0. The third-order valence-electron chi connectivity index (χ3n) is 5.92. The van der Waals surface area contributed by atoms with Crippen LogP contribution in [0.3, 0.4) is 0 Å². The second kappa shape index (κ2) is 14.2. The molecule has 0 atom stereocenters. The summed E-state index contributed by atoms with van der Waals surface area (Å²) in [6, 6.07) is 15.7. The van der Waals surface area contributed by atoms with Crippen molar-refractivity contribution in [2.24, 2.45) is 0 Å². The maximum atomic E-state index is 13.4.